The zero-order valence-corrected chi connectivity index (χ0v) is 8.78. The van der Waals surface area contributed by atoms with Crippen LogP contribution in [0.25, 0.3) is 0 Å². The number of allylic oxidation sites excluding steroid dienone is 2. The molecule has 0 unspecified atom stereocenters. The van der Waals surface area contributed by atoms with Crippen molar-refractivity contribution < 1.29 is 19.8 Å². The molecule has 82 valence electrons. The highest BCUT2D eigenvalue weighted by atomic mass is 16.4. The van der Waals surface area contributed by atoms with Crippen molar-refractivity contribution in [2.45, 2.75) is 26.7 Å². The molecule has 2 N–H and O–H groups in total. The molecule has 0 aromatic heterocycles. The Kier molecular flexibility index (Phi) is 2.98. The van der Waals surface area contributed by atoms with Crippen LogP contribution in [0.4, 0.5) is 0 Å². The molecular weight excluding hydrogens is 196 g/mol. The summed E-state index contributed by atoms with van der Waals surface area (Å²) in [6.07, 6.45) is 4.13. The van der Waals surface area contributed by atoms with Crippen LogP contribution in [0.2, 0.25) is 0 Å². The average Bonchev–Trinajstić information content (AvgIpc) is 2.23. The fourth-order valence-electron chi connectivity index (χ4n) is 1.46. The first-order valence-electron chi connectivity index (χ1n) is 4.71. The van der Waals surface area contributed by atoms with E-state index >= 15 is 0 Å². The number of hydrogen-bond acceptors (Lipinski definition) is 2. The van der Waals surface area contributed by atoms with Crippen molar-refractivity contribution in [3.8, 4) is 0 Å². The van der Waals surface area contributed by atoms with Gasteiger partial charge in [0.05, 0.1) is 11.1 Å². The summed E-state index contributed by atoms with van der Waals surface area (Å²) in [6.45, 7) is 3.95. The first-order valence-corrected chi connectivity index (χ1v) is 4.71. The van der Waals surface area contributed by atoms with Gasteiger partial charge in [-0.15, -0.1) is 0 Å². The second-order valence-electron chi connectivity index (χ2n) is 4.42. The average molecular weight is 210 g/mol. The summed E-state index contributed by atoms with van der Waals surface area (Å²) in [5.41, 5.74) is -0.293. The Bertz CT molecular complexity index is 327. The van der Waals surface area contributed by atoms with Crippen molar-refractivity contribution in [3.63, 3.8) is 0 Å². The first-order chi connectivity index (χ1) is 6.83. The summed E-state index contributed by atoms with van der Waals surface area (Å²) in [7, 11) is 0. The molecule has 0 radical (unpaired) electrons. The van der Waals surface area contributed by atoms with Gasteiger partial charge in [-0.05, 0) is 18.3 Å². The van der Waals surface area contributed by atoms with E-state index in [4.69, 9.17) is 10.2 Å². The largest absolute Gasteiger partial charge is 0.478 e. The number of carbonyl (C=O) groups is 2. The lowest BCUT2D eigenvalue weighted by atomic mass is 9.86. The number of carboxylic acid groups (broad SMARTS) is 2. The van der Waals surface area contributed by atoms with Crippen LogP contribution in [-0.4, -0.2) is 22.2 Å². The van der Waals surface area contributed by atoms with Gasteiger partial charge in [0.15, 0.2) is 0 Å². The molecule has 0 saturated heterocycles. The molecule has 0 saturated carbocycles. The third-order valence-corrected chi connectivity index (χ3v) is 2.47. The minimum absolute atomic E-state index is 0.0854. The smallest absolute Gasteiger partial charge is 0.336 e. The van der Waals surface area contributed by atoms with E-state index in [9.17, 15) is 9.59 Å². The molecule has 0 aromatic rings. The highest BCUT2D eigenvalue weighted by Gasteiger charge is 2.26. The van der Waals surface area contributed by atoms with Crippen molar-refractivity contribution >= 4 is 11.9 Å². The zero-order valence-electron chi connectivity index (χ0n) is 8.78. The van der Waals surface area contributed by atoms with Crippen molar-refractivity contribution in [2.75, 3.05) is 0 Å². The van der Waals surface area contributed by atoms with Gasteiger partial charge in [0, 0.05) is 0 Å². The van der Waals surface area contributed by atoms with Crippen LogP contribution < -0.4 is 0 Å². The van der Waals surface area contributed by atoms with E-state index in [-0.39, 0.29) is 16.6 Å². The fraction of sp³-hybridized carbons (Fsp3) is 0.455. The standard InChI is InChI=1S/C11H14O4/c1-11(2)5-3-7(9(12)13)8(4-6-11)10(14)15/h3-4H,5-6H2,1-2H3,(H,12,13)(H,14,15). The molecule has 0 heterocycles. The summed E-state index contributed by atoms with van der Waals surface area (Å²) in [6, 6.07) is 0. The van der Waals surface area contributed by atoms with Crippen molar-refractivity contribution in [2.24, 2.45) is 5.41 Å². The SMILES string of the molecule is CC1(C)CC=C(C(=O)O)C(C(=O)O)=CC1. The Hall–Kier alpha value is -1.58. The van der Waals surface area contributed by atoms with E-state index in [0.717, 1.165) is 0 Å². The molecule has 0 spiro atoms. The van der Waals surface area contributed by atoms with Gasteiger partial charge in [-0.1, -0.05) is 26.0 Å². The van der Waals surface area contributed by atoms with E-state index in [1.165, 1.54) is 12.2 Å². The lowest BCUT2D eigenvalue weighted by Gasteiger charge is -2.19. The fourth-order valence-corrected chi connectivity index (χ4v) is 1.46. The molecule has 0 bridgehead atoms. The van der Waals surface area contributed by atoms with Crippen LogP contribution in [0, 0.1) is 5.41 Å². The Morgan fingerprint density at radius 1 is 1.07 bits per heavy atom. The normalized spacial score (nSPS) is 19.9. The minimum atomic E-state index is -1.18. The zero-order chi connectivity index (χ0) is 11.6. The number of carboxylic acids is 2. The van der Waals surface area contributed by atoms with Crippen molar-refractivity contribution in [1.29, 1.82) is 0 Å². The predicted molar refractivity (Wildman–Crippen MR) is 54.5 cm³/mol. The highest BCUT2D eigenvalue weighted by Crippen LogP contribution is 2.32. The molecule has 15 heavy (non-hydrogen) atoms. The summed E-state index contributed by atoms with van der Waals surface area (Å²) in [4.78, 5) is 21.7. The Morgan fingerprint density at radius 2 is 1.40 bits per heavy atom. The van der Waals surface area contributed by atoms with Gasteiger partial charge in [-0.3, -0.25) is 0 Å². The second-order valence-corrected chi connectivity index (χ2v) is 4.42. The maximum atomic E-state index is 10.9. The molecule has 1 aliphatic rings. The summed E-state index contributed by atoms with van der Waals surface area (Å²) in [5, 5.41) is 17.8. The Balaban J connectivity index is 3.15. The Labute approximate surface area is 87.9 Å². The number of aliphatic carboxylic acids is 2. The summed E-state index contributed by atoms with van der Waals surface area (Å²) >= 11 is 0. The second kappa shape index (κ2) is 3.88. The van der Waals surface area contributed by atoms with E-state index < -0.39 is 11.9 Å². The minimum Gasteiger partial charge on any atom is -0.478 e. The van der Waals surface area contributed by atoms with E-state index in [1.807, 2.05) is 13.8 Å². The van der Waals surface area contributed by atoms with Crippen LogP contribution >= 0.6 is 0 Å². The molecule has 0 fully saturated rings. The van der Waals surface area contributed by atoms with Crippen LogP contribution in [-0.2, 0) is 9.59 Å². The topological polar surface area (TPSA) is 74.6 Å². The van der Waals surface area contributed by atoms with Crippen molar-refractivity contribution in [1.82, 2.24) is 0 Å². The molecule has 1 aliphatic carbocycles. The monoisotopic (exact) mass is 210 g/mol. The van der Waals surface area contributed by atoms with E-state index in [2.05, 4.69) is 0 Å². The molecule has 0 aromatic carbocycles. The van der Waals surface area contributed by atoms with Gasteiger partial charge >= 0.3 is 11.9 Å². The maximum Gasteiger partial charge on any atom is 0.336 e. The maximum absolute atomic E-state index is 10.9. The van der Waals surface area contributed by atoms with Gasteiger partial charge in [-0.2, -0.15) is 0 Å². The number of hydrogen-bond donors (Lipinski definition) is 2. The molecule has 4 heteroatoms. The molecule has 0 amide bonds. The summed E-state index contributed by atoms with van der Waals surface area (Å²) < 4.78 is 0. The Morgan fingerprint density at radius 3 is 1.67 bits per heavy atom. The lowest BCUT2D eigenvalue weighted by molar-refractivity contribution is -0.136. The van der Waals surface area contributed by atoms with E-state index in [1.54, 1.807) is 0 Å². The van der Waals surface area contributed by atoms with Gasteiger partial charge in [0.2, 0.25) is 0 Å². The third-order valence-electron chi connectivity index (χ3n) is 2.47. The van der Waals surface area contributed by atoms with Crippen LogP contribution in [0.1, 0.15) is 26.7 Å². The first kappa shape index (κ1) is 11.5. The van der Waals surface area contributed by atoms with Gasteiger partial charge in [0.1, 0.15) is 0 Å². The van der Waals surface area contributed by atoms with Gasteiger partial charge in [0.25, 0.3) is 0 Å². The molecule has 4 nitrogen and oxygen atoms in total. The van der Waals surface area contributed by atoms with Gasteiger partial charge < -0.3 is 10.2 Å². The molecule has 1 rings (SSSR count). The molecule has 0 aliphatic heterocycles. The third kappa shape index (κ3) is 2.68. The van der Waals surface area contributed by atoms with Crippen LogP contribution in [0.5, 0.6) is 0 Å². The lowest BCUT2D eigenvalue weighted by Crippen LogP contribution is -2.10. The van der Waals surface area contributed by atoms with Gasteiger partial charge in [-0.25, -0.2) is 9.59 Å². The highest BCUT2D eigenvalue weighted by molar-refractivity contribution is 6.05. The molecule has 0 atom stereocenters. The summed E-state index contributed by atoms with van der Waals surface area (Å²) in [5.74, 6) is -2.36. The number of rotatable bonds is 2. The van der Waals surface area contributed by atoms with Crippen LogP contribution in [0.15, 0.2) is 23.3 Å². The molecular formula is C11H14O4. The van der Waals surface area contributed by atoms with E-state index in [0.29, 0.717) is 12.8 Å². The predicted octanol–water partition coefficient (Wildman–Crippen LogP) is 1.83. The van der Waals surface area contributed by atoms with Crippen molar-refractivity contribution in [3.05, 3.63) is 23.3 Å². The quantitative estimate of drug-likeness (QED) is 0.729. The van der Waals surface area contributed by atoms with Crippen LogP contribution in [0.3, 0.4) is 0 Å².